The third kappa shape index (κ3) is 5.74. The van der Waals surface area contributed by atoms with Crippen LogP contribution in [-0.2, 0) is 13.1 Å². The molecule has 0 bridgehead atoms. The molecule has 0 spiro atoms. The maximum absolute atomic E-state index is 4.94. The van der Waals surface area contributed by atoms with Crippen LogP contribution < -0.4 is 10.2 Å². The molecule has 2 aromatic rings. The Labute approximate surface area is 184 Å². The fraction of sp³-hybridized carbons (Fsp3) is 0.591. The predicted octanol–water partition coefficient (Wildman–Crippen LogP) is 1.10. The smallest absolute Gasteiger partial charge is 0.194 e. The second-order valence-corrected chi connectivity index (χ2v) is 8.10. The van der Waals surface area contributed by atoms with Crippen LogP contribution in [0.5, 0.6) is 0 Å². The summed E-state index contributed by atoms with van der Waals surface area (Å²) in [5, 5.41) is 7.55. The maximum Gasteiger partial charge on any atom is 0.194 e. The highest BCUT2D eigenvalue weighted by atomic mass is 16.5. The lowest BCUT2D eigenvalue weighted by Gasteiger charge is -2.36. The lowest BCUT2D eigenvalue weighted by molar-refractivity contribution is 0.169. The Balaban J connectivity index is 1.26. The van der Waals surface area contributed by atoms with Gasteiger partial charge in [-0.15, -0.1) is 0 Å². The van der Waals surface area contributed by atoms with Gasteiger partial charge in [-0.05, 0) is 24.2 Å². The summed E-state index contributed by atoms with van der Waals surface area (Å²) in [5.74, 6) is 2.03. The van der Waals surface area contributed by atoms with Crippen LogP contribution in [0.15, 0.2) is 40.2 Å². The highest BCUT2D eigenvalue weighted by Gasteiger charge is 2.21. The molecule has 0 saturated carbocycles. The summed E-state index contributed by atoms with van der Waals surface area (Å²) in [7, 11) is 1.86. The van der Waals surface area contributed by atoms with E-state index in [9.17, 15) is 0 Å². The van der Waals surface area contributed by atoms with Gasteiger partial charge in [-0.25, -0.2) is 4.98 Å². The Hall–Kier alpha value is -2.65. The van der Waals surface area contributed by atoms with Gasteiger partial charge in [0.15, 0.2) is 5.96 Å². The van der Waals surface area contributed by atoms with Crippen molar-refractivity contribution in [2.75, 3.05) is 70.9 Å². The van der Waals surface area contributed by atoms with E-state index in [2.05, 4.69) is 59.1 Å². The molecule has 1 N–H and O–H groups in total. The lowest BCUT2D eigenvalue weighted by Crippen LogP contribution is -2.52. The van der Waals surface area contributed by atoms with Crippen molar-refractivity contribution in [2.45, 2.75) is 20.0 Å². The Morgan fingerprint density at radius 1 is 1.06 bits per heavy atom. The Bertz CT molecular complexity index is 824. The van der Waals surface area contributed by atoms with E-state index in [0.29, 0.717) is 0 Å². The van der Waals surface area contributed by atoms with Gasteiger partial charge in [0, 0.05) is 84.8 Å². The zero-order valence-corrected chi connectivity index (χ0v) is 18.7. The lowest BCUT2D eigenvalue weighted by atomic mass is 10.2. The first kappa shape index (κ1) is 21.6. The van der Waals surface area contributed by atoms with Gasteiger partial charge < -0.3 is 24.5 Å². The fourth-order valence-corrected chi connectivity index (χ4v) is 4.22. The van der Waals surface area contributed by atoms with Gasteiger partial charge in [-0.1, -0.05) is 12.1 Å². The van der Waals surface area contributed by atoms with Crippen molar-refractivity contribution >= 4 is 11.8 Å². The standard InChI is InChI=1S/C22H34N8O/c1-3-27-7-11-29(12-8-27)21-16-19(4-6-24-21)17-25-22(23-2)30-13-9-28(10-14-30)18-20-5-15-31-26-20/h4-6,15-16H,3,7-14,17-18H2,1-2H3,(H,23,25). The van der Waals surface area contributed by atoms with E-state index in [0.717, 1.165) is 89.5 Å². The van der Waals surface area contributed by atoms with Crippen LogP contribution in [0.3, 0.4) is 0 Å². The summed E-state index contributed by atoms with van der Waals surface area (Å²) in [6.45, 7) is 13.1. The normalized spacial score (nSPS) is 19.1. The molecular weight excluding hydrogens is 392 g/mol. The molecule has 4 rings (SSSR count). The highest BCUT2D eigenvalue weighted by molar-refractivity contribution is 5.80. The molecule has 2 fully saturated rings. The van der Waals surface area contributed by atoms with E-state index >= 15 is 0 Å². The van der Waals surface area contributed by atoms with E-state index in [-0.39, 0.29) is 0 Å². The summed E-state index contributed by atoms with van der Waals surface area (Å²) >= 11 is 0. The zero-order chi connectivity index (χ0) is 21.5. The molecule has 4 heterocycles. The van der Waals surface area contributed by atoms with Crippen LogP contribution in [0.4, 0.5) is 5.82 Å². The molecule has 2 saturated heterocycles. The second-order valence-electron chi connectivity index (χ2n) is 8.10. The molecule has 9 nitrogen and oxygen atoms in total. The minimum Gasteiger partial charge on any atom is -0.364 e. The molecule has 0 unspecified atom stereocenters. The van der Waals surface area contributed by atoms with Crippen molar-refractivity contribution in [2.24, 2.45) is 4.99 Å². The van der Waals surface area contributed by atoms with Crippen molar-refractivity contribution in [3.8, 4) is 0 Å². The van der Waals surface area contributed by atoms with Crippen LogP contribution in [0.1, 0.15) is 18.2 Å². The number of nitrogens with one attached hydrogen (secondary N) is 1. The number of aromatic nitrogens is 2. The number of likely N-dealkylation sites (N-methyl/N-ethyl adjacent to an activating group) is 1. The molecule has 0 radical (unpaired) electrons. The van der Waals surface area contributed by atoms with Gasteiger partial charge in [0.2, 0.25) is 0 Å². The first-order chi connectivity index (χ1) is 15.2. The number of rotatable bonds is 6. The number of hydrogen-bond acceptors (Lipinski definition) is 7. The molecule has 2 aliphatic rings. The third-order valence-corrected chi connectivity index (χ3v) is 6.16. The van der Waals surface area contributed by atoms with E-state index in [1.165, 1.54) is 5.56 Å². The maximum atomic E-state index is 4.94. The number of guanidine groups is 1. The average molecular weight is 427 g/mol. The average Bonchev–Trinajstić information content (AvgIpc) is 3.34. The molecule has 31 heavy (non-hydrogen) atoms. The van der Waals surface area contributed by atoms with Gasteiger partial charge in [-0.3, -0.25) is 9.89 Å². The number of piperazine rings is 2. The van der Waals surface area contributed by atoms with Gasteiger partial charge in [0.25, 0.3) is 0 Å². The Morgan fingerprint density at radius 3 is 2.52 bits per heavy atom. The Kier molecular flexibility index (Phi) is 7.37. The summed E-state index contributed by atoms with van der Waals surface area (Å²) in [4.78, 5) is 18.7. The molecular formula is C22H34N8O. The monoisotopic (exact) mass is 426 g/mol. The second kappa shape index (κ2) is 10.6. The largest absolute Gasteiger partial charge is 0.364 e. The first-order valence-corrected chi connectivity index (χ1v) is 11.2. The van der Waals surface area contributed by atoms with Crippen LogP contribution in [0.25, 0.3) is 0 Å². The van der Waals surface area contributed by atoms with Gasteiger partial charge in [0.1, 0.15) is 12.1 Å². The molecule has 0 amide bonds. The van der Waals surface area contributed by atoms with Crippen molar-refractivity contribution in [1.82, 2.24) is 30.2 Å². The van der Waals surface area contributed by atoms with E-state index in [1.54, 1.807) is 6.26 Å². The van der Waals surface area contributed by atoms with Gasteiger partial charge >= 0.3 is 0 Å². The molecule has 9 heteroatoms. The SMILES string of the molecule is CCN1CCN(c2cc(CNC(=NC)N3CCN(Cc4ccon4)CC3)ccn2)CC1. The topological polar surface area (TPSA) is 76.3 Å². The van der Waals surface area contributed by atoms with Crippen LogP contribution in [0, 0.1) is 0 Å². The predicted molar refractivity (Wildman–Crippen MR) is 122 cm³/mol. The van der Waals surface area contributed by atoms with E-state index in [4.69, 9.17) is 4.52 Å². The quantitative estimate of drug-likeness (QED) is 0.544. The number of pyridine rings is 1. The van der Waals surface area contributed by atoms with E-state index in [1.807, 2.05) is 19.3 Å². The molecule has 0 aromatic carbocycles. The van der Waals surface area contributed by atoms with Crippen molar-refractivity contribution < 1.29 is 4.52 Å². The number of anilines is 1. The summed E-state index contributed by atoms with van der Waals surface area (Å²) in [5.41, 5.74) is 2.22. The molecule has 0 aliphatic carbocycles. The van der Waals surface area contributed by atoms with E-state index < -0.39 is 0 Å². The minimum absolute atomic E-state index is 0.746. The molecule has 0 atom stereocenters. The van der Waals surface area contributed by atoms with Gasteiger partial charge in [0.05, 0.1) is 5.69 Å². The minimum atomic E-state index is 0.746. The van der Waals surface area contributed by atoms with Crippen molar-refractivity contribution in [3.05, 3.63) is 41.9 Å². The van der Waals surface area contributed by atoms with Crippen molar-refractivity contribution in [3.63, 3.8) is 0 Å². The molecule has 168 valence electrons. The van der Waals surface area contributed by atoms with Crippen molar-refractivity contribution in [1.29, 1.82) is 0 Å². The first-order valence-electron chi connectivity index (χ1n) is 11.2. The van der Waals surface area contributed by atoms with Crippen LogP contribution >= 0.6 is 0 Å². The fourth-order valence-electron chi connectivity index (χ4n) is 4.22. The van der Waals surface area contributed by atoms with Crippen LogP contribution in [0.2, 0.25) is 0 Å². The third-order valence-electron chi connectivity index (χ3n) is 6.16. The zero-order valence-electron chi connectivity index (χ0n) is 18.7. The Morgan fingerprint density at radius 2 is 1.84 bits per heavy atom. The highest BCUT2D eigenvalue weighted by Crippen LogP contribution is 2.15. The number of hydrogen-bond donors (Lipinski definition) is 1. The molecule has 2 aliphatic heterocycles. The molecule has 2 aromatic heterocycles. The van der Waals surface area contributed by atoms with Crippen LogP contribution in [-0.4, -0.2) is 96.8 Å². The number of nitrogens with zero attached hydrogens (tertiary/aromatic N) is 7. The summed E-state index contributed by atoms with van der Waals surface area (Å²) in [6.07, 6.45) is 3.55. The number of aliphatic imine (C=N–C) groups is 1. The van der Waals surface area contributed by atoms with Gasteiger partial charge in [-0.2, -0.15) is 0 Å². The summed E-state index contributed by atoms with van der Waals surface area (Å²) in [6, 6.07) is 6.22. The summed E-state index contributed by atoms with van der Waals surface area (Å²) < 4.78 is 4.94.